The molecule has 0 bridgehead atoms. The number of nitrogens with one attached hydrogen (secondary N) is 1. The molecule has 0 aliphatic rings. The summed E-state index contributed by atoms with van der Waals surface area (Å²) < 4.78 is 26.5. The van der Waals surface area contributed by atoms with Gasteiger partial charge in [0.25, 0.3) is 0 Å². The Labute approximate surface area is 249 Å². The quantitative estimate of drug-likeness (QED) is 0.288. The summed E-state index contributed by atoms with van der Waals surface area (Å²) in [6, 6.07) is 23.3. The average molecular weight is 598 g/mol. The Morgan fingerprint density at radius 2 is 1.56 bits per heavy atom. The third-order valence-electron chi connectivity index (χ3n) is 6.49. The van der Waals surface area contributed by atoms with Crippen LogP contribution in [0.15, 0.2) is 78.9 Å². The van der Waals surface area contributed by atoms with Crippen molar-refractivity contribution in [2.75, 3.05) is 17.1 Å². The number of halogens is 1. The Hall–Kier alpha value is -3.36. The second kappa shape index (κ2) is 14.0. The summed E-state index contributed by atoms with van der Waals surface area (Å²) >= 11 is 6.25. The van der Waals surface area contributed by atoms with Crippen LogP contribution in [-0.2, 0) is 32.6 Å². The molecule has 2 amide bonds. The average Bonchev–Trinajstić information content (AvgIpc) is 2.88. The fourth-order valence-corrected chi connectivity index (χ4v) is 5.73. The SMILES string of the molecule is Cc1ccc(N(CCCC(=O)N(Cc2cccc(Cl)c2)[C@@H](Cc2ccccc2)C(=O)NC(C)(C)C)S(C)(=O)=O)cc1. The van der Waals surface area contributed by atoms with Gasteiger partial charge < -0.3 is 10.2 Å². The lowest BCUT2D eigenvalue weighted by atomic mass is 10.00. The summed E-state index contributed by atoms with van der Waals surface area (Å²) in [6.07, 6.45) is 1.83. The van der Waals surface area contributed by atoms with Crippen molar-refractivity contribution in [1.29, 1.82) is 0 Å². The van der Waals surface area contributed by atoms with Gasteiger partial charge in [-0.1, -0.05) is 71.8 Å². The van der Waals surface area contributed by atoms with E-state index < -0.39 is 21.6 Å². The number of carbonyl (C=O) groups excluding carboxylic acids is 2. The molecule has 0 aromatic heterocycles. The van der Waals surface area contributed by atoms with Gasteiger partial charge in [-0.25, -0.2) is 8.42 Å². The highest BCUT2D eigenvalue weighted by Crippen LogP contribution is 2.22. The summed E-state index contributed by atoms with van der Waals surface area (Å²) in [6.45, 7) is 7.96. The highest BCUT2D eigenvalue weighted by molar-refractivity contribution is 7.92. The van der Waals surface area contributed by atoms with Crippen molar-refractivity contribution in [3.05, 3.63) is 101 Å². The van der Waals surface area contributed by atoms with E-state index in [1.807, 2.05) is 82.3 Å². The van der Waals surface area contributed by atoms with E-state index in [0.717, 1.165) is 22.9 Å². The van der Waals surface area contributed by atoms with E-state index >= 15 is 0 Å². The molecule has 0 radical (unpaired) electrons. The number of hydrogen-bond donors (Lipinski definition) is 1. The predicted molar refractivity (Wildman–Crippen MR) is 166 cm³/mol. The fourth-order valence-electron chi connectivity index (χ4n) is 4.55. The molecule has 1 atom stereocenters. The molecule has 0 spiro atoms. The van der Waals surface area contributed by atoms with Crippen LogP contribution < -0.4 is 9.62 Å². The number of rotatable bonds is 12. The van der Waals surface area contributed by atoms with Gasteiger partial charge in [0.2, 0.25) is 21.8 Å². The fraction of sp³-hybridized carbons (Fsp3) is 0.375. The van der Waals surface area contributed by atoms with Crippen LogP contribution in [0.4, 0.5) is 5.69 Å². The Kier molecular flexibility index (Phi) is 11.0. The monoisotopic (exact) mass is 597 g/mol. The lowest BCUT2D eigenvalue weighted by molar-refractivity contribution is -0.142. The molecule has 9 heteroatoms. The second-order valence-corrected chi connectivity index (χ2v) is 13.7. The van der Waals surface area contributed by atoms with Gasteiger partial charge in [-0.15, -0.1) is 0 Å². The van der Waals surface area contributed by atoms with Crippen LogP contribution in [0.25, 0.3) is 0 Å². The minimum Gasteiger partial charge on any atom is -0.350 e. The first-order valence-corrected chi connectivity index (χ1v) is 15.9. The number of hydrogen-bond acceptors (Lipinski definition) is 4. The van der Waals surface area contributed by atoms with Crippen LogP contribution in [0.1, 0.15) is 50.3 Å². The Balaban J connectivity index is 1.90. The minimum atomic E-state index is -3.56. The summed E-state index contributed by atoms with van der Waals surface area (Å²) in [5.74, 6) is -0.499. The Morgan fingerprint density at radius 3 is 2.15 bits per heavy atom. The van der Waals surface area contributed by atoms with Crippen molar-refractivity contribution in [2.24, 2.45) is 0 Å². The maximum atomic E-state index is 13.9. The smallest absolute Gasteiger partial charge is 0.243 e. The number of amides is 2. The summed E-state index contributed by atoms with van der Waals surface area (Å²) in [7, 11) is -3.56. The minimum absolute atomic E-state index is 0.0620. The van der Waals surface area contributed by atoms with Crippen LogP contribution in [0.2, 0.25) is 5.02 Å². The van der Waals surface area contributed by atoms with Gasteiger partial charge in [-0.3, -0.25) is 13.9 Å². The van der Waals surface area contributed by atoms with Crippen molar-refractivity contribution >= 4 is 39.1 Å². The largest absolute Gasteiger partial charge is 0.350 e. The summed E-state index contributed by atoms with van der Waals surface area (Å²) in [5.41, 5.74) is 2.79. The van der Waals surface area contributed by atoms with Crippen LogP contribution in [-0.4, -0.2) is 49.5 Å². The molecule has 220 valence electrons. The predicted octanol–water partition coefficient (Wildman–Crippen LogP) is 5.75. The molecule has 0 unspecified atom stereocenters. The van der Waals surface area contributed by atoms with Gasteiger partial charge in [-0.2, -0.15) is 0 Å². The van der Waals surface area contributed by atoms with Crippen LogP contribution in [0.5, 0.6) is 0 Å². The number of aryl methyl sites for hydroxylation is 1. The molecule has 7 nitrogen and oxygen atoms in total. The second-order valence-electron chi connectivity index (χ2n) is 11.4. The van der Waals surface area contributed by atoms with Gasteiger partial charge in [0.1, 0.15) is 6.04 Å². The zero-order chi connectivity index (χ0) is 30.2. The highest BCUT2D eigenvalue weighted by atomic mass is 35.5. The van der Waals surface area contributed by atoms with Crippen molar-refractivity contribution in [3.8, 4) is 0 Å². The first-order valence-electron chi connectivity index (χ1n) is 13.7. The van der Waals surface area contributed by atoms with Crippen LogP contribution in [0.3, 0.4) is 0 Å². The molecule has 0 saturated heterocycles. The topological polar surface area (TPSA) is 86.8 Å². The first-order chi connectivity index (χ1) is 19.2. The van der Waals surface area contributed by atoms with E-state index in [9.17, 15) is 18.0 Å². The Morgan fingerprint density at radius 1 is 0.927 bits per heavy atom. The maximum absolute atomic E-state index is 13.9. The molecule has 41 heavy (non-hydrogen) atoms. The number of benzene rings is 3. The maximum Gasteiger partial charge on any atom is 0.243 e. The molecule has 3 aromatic rings. The lowest BCUT2D eigenvalue weighted by Crippen LogP contribution is -2.54. The molecule has 3 rings (SSSR count). The van der Waals surface area contributed by atoms with Crippen molar-refractivity contribution in [2.45, 2.75) is 65.1 Å². The van der Waals surface area contributed by atoms with E-state index in [0.29, 0.717) is 17.1 Å². The molecule has 0 saturated carbocycles. The number of nitrogens with zero attached hydrogens (tertiary/aromatic N) is 2. The van der Waals surface area contributed by atoms with Crippen LogP contribution in [0, 0.1) is 6.92 Å². The van der Waals surface area contributed by atoms with Crippen LogP contribution >= 0.6 is 11.6 Å². The molecule has 0 aliphatic heterocycles. The standard InChI is InChI=1S/C32H40ClN3O4S/c1-24-16-18-28(19-17-24)36(41(5,39)40)20-10-15-30(37)35(23-26-13-9-14-27(33)21-26)29(31(38)34-32(2,3)4)22-25-11-7-6-8-12-25/h6-9,11-14,16-19,21,29H,10,15,20,22-23H2,1-5H3,(H,34,38)/t29-/m0/s1. The van der Waals surface area contributed by atoms with E-state index in [2.05, 4.69) is 5.32 Å². The van der Waals surface area contributed by atoms with Crippen molar-refractivity contribution < 1.29 is 18.0 Å². The van der Waals surface area contributed by atoms with Gasteiger partial charge in [0, 0.05) is 36.5 Å². The third kappa shape index (κ3) is 10.2. The third-order valence-corrected chi connectivity index (χ3v) is 7.91. The Bertz CT molecular complexity index is 1420. The lowest BCUT2D eigenvalue weighted by Gasteiger charge is -2.34. The van der Waals surface area contributed by atoms with Crippen molar-refractivity contribution in [3.63, 3.8) is 0 Å². The van der Waals surface area contributed by atoms with Gasteiger partial charge in [0.05, 0.1) is 11.9 Å². The molecule has 1 N–H and O–H groups in total. The zero-order valence-electron chi connectivity index (χ0n) is 24.4. The molecular formula is C32H40ClN3O4S. The molecule has 3 aromatic carbocycles. The number of carbonyl (C=O) groups is 2. The summed E-state index contributed by atoms with van der Waals surface area (Å²) in [4.78, 5) is 29.2. The van der Waals surface area contributed by atoms with E-state index in [4.69, 9.17) is 11.6 Å². The van der Waals surface area contributed by atoms with E-state index in [1.54, 1.807) is 29.2 Å². The molecule has 0 aliphatic carbocycles. The van der Waals surface area contributed by atoms with Crippen molar-refractivity contribution in [1.82, 2.24) is 10.2 Å². The van der Waals surface area contributed by atoms with Gasteiger partial charge in [0.15, 0.2) is 0 Å². The van der Waals surface area contributed by atoms with Gasteiger partial charge >= 0.3 is 0 Å². The van der Waals surface area contributed by atoms with Gasteiger partial charge in [-0.05, 0) is 69.5 Å². The van der Waals surface area contributed by atoms with E-state index in [-0.39, 0.29) is 37.7 Å². The summed E-state index contributed by atoms with van der Waals surface area (Å²) in [5, 5.41) is 3.58. The molecule has 0 heterocycles. The molecule has 0 fully saturated rings. The normalized spacial score (nSPS) is 12.4. The first kappa shape index (κ1) is 32.2. The number of anilines is 1. The molecular weight excluding hydrogens is 558 g/mol. The van der Waals surface area contributed by atoms with E-state index in [1.165, 1.54) is 4.31 Å². The number of sulfonamides is 1. The zero-order valence-corrected chi connectivity index (χ0v) is 26.0. The highest BCUT2D eigenvalue weighted by Gasteiger charge is 2.32.